The van der Waals surface area contributed by atoms with E-state index in [1.165, 1.54) is 38.1 Å². The summed E-state index contributed by atoms with van der Waals surface area (Å²) in [6.07, 6.45) is 0.870. The molecule has 1 saturated heterocycles. The van der Waals surface area contributed by atoms with Gasteiger partial charge in [-0.25, -0.2) is 4.79 Å². The van der Waals surface area contributed by atoms with E-state index in [0.717, 1.165) is 5.56 Å². The average molecular weight is 367 g/mol. The largest absolute Gasteiger partial charge is 0.433 e. The van der Waals surface area contributed by atoms with Crippen LogP contribution in [0.3, 0.4) is 0 Å². The first-order valence-electron chi connectivity index (χ1n) is 8.17. The number of rotatable bonds is 4. The zero-order valence-corrected chi connectivity index (χ0v) is 14.7. The normalized spacial score (nSPS) is 17.2. The SMILES string of the molecule is CC(=O)Oc1ccc(OC(C)=O)c(/C=C2/NC(c3ccccc3)OC2=O)c1. The predicted molar refractivity (Wildman–Crippen MR) is 95.4 cm³/mol. The molecule has 1 aliphatic rings. The molecule has 3 rings (SSSR count). The highest BCUT2D eigenvalue weighted by atomic mass is 16.6. The Labute approximate surface area is 155 Å². The third-order valence-corrected chi connectivity index (χ3v) is 3.63. The Morgan fingerprint density at radius 1 is 1.04 bits per heavy atom. The highest BCUT2D eigenvalue weighted by Crippen LogP contribution is 2.30. The molecule has 1 N–H and O–H groups in total. The number of benzene rings is 2. The summed E-state index contributed by atoms with van der Waals surface area (Å²) < 4.78 is 15.5. The minimum Gasteiger partial charge on any atom is -0.433 e. The topological polar surface area (TPSA) is 90.9 Å². The van der Waals surface area contributed by atoms with Gasteiger partial charge in [0.05, 0.1) is 0 Å². The number of hydrogen-bond donors (Lipinski definition) is 1. The molecule has 1 unspecified atom stereocenters. The van der Waals surface area contributed by atoms with Crippen LogP contribution >= 0.6 is 0 Å². The van der Waals surface area contributed by atoms with Gasteiger partial charge in [-0.3, -0.25) is 9.59 Å². The van der Waals surface area contributed by atoms with Crippen molar-refractivity contribution < 1.29 is 28.6 Å². The van der Waals surface area contributed by atoms with Gasteiger partial charge in [0.15, 0.2) is 6.23 Å². The minimum absolute atomic E-state index is 0.192. The maximum Gasteiger partial charge on any atom is 0.356 e. The molecule has 0 bridgehead atoms. The molecular formula is C20H17NO6. The lowest BCUT2D eigenvalue weighted by Crippen LogP contribution is -2.13. The standard InChI is InChI=1S/C20H17NO6/c1-12(22)25-16-8-9-18(26-13(2)23)15(10-16)11-17-20(24)27-19(21-17)14-6-4-3-5-7-14/h3-11,19,21H,1-2H3/b17-11+. The van der Waals surface area contributed by atoms with Crippen LogP contribution in [0, 0.1) is 0 Å². The Hall–Kier alpha value is -3.61. The summed E-state index contributed by atoms with van der Waals surface area (Å²) in [5, 5.41) is 2.99. The van der Waals surface area contributed by atoms with Crippen molar-refractivity contribution in [3.63, 3.8) is 0 Å². The zero-order chi connectivity index (χ0) is 19.4. The second-order valence-electron chi connectivity index (χ2n) is 5.79. The summed E-state index contributed by atoms with van der Waals surface area (Å²) in [5.74, 6) is -1.06. The quantitative estimate of drug-likeness (QED) is 0.505. The molecule has 0 spiro atoms. The molecule has 27 heavy (non-hydrogen) atoms. The fourth-order valence-electron chi connectivity index (χ4n) is 2.55. The molecule has 7 heteroatoms. The van der Waals surface area contributed by atoms with E-state index >= 15 is 0 Å². The fraction of sp³-hybridized carbons (Fsp3) is 0.150. The molecule has 2 aromatic rings. The molecule has 0 aliphatic carbocycles. The summed E-state index contributed by atoms with van der Waals surface area (Å²) in [5.41, 5.74) is 1.37. The van der Waals surface area contributed by atoms with Gasteiger partial charge in [-0.15, -0.1) is 0 Å². The van der Waals surface area contributed by atoms with Crippen molar-refractivity contribution in [2.45, 2.75) is 20.1 Å². The summed E-state index contributed by atoms with van der Waals surface area (Å²) in [4.78, 5) is 34.7. The van der Waals surface area contributed by atoms with Gasteiger partial charge in [0.2, 0.25) is 0 Å². The van der Waals surface area contributed by atoms with Crippen molar-refractivity contribution in [1.82, 2.24) is 5.32 Å². The Kier molecular flexibility index (Phi) is 5.21. The predicted octanol–water partition coefficient (Wildman–Crippen LogP) is 2.72. The molecule has 1 atom stereocenters. The van der Waals surface area contributed by atoms with E-state index in [4.69, 9.17) is 14.2 Å². The van der Waals surface area contributed by atoms with Gasteiger partial charge in [-0.2, -0.15) is 0 Å². The molecule has 1 heterocycles. The van der Waals surface area contributed by atoms with E-state index < -0.39 is 24.1 Å². The average Bonchev–Trinajstić information content (AvgIpc) is 2.98. The van der Waals surface area contributed by atoms with Crippen LogP contribution in [0.5, 0.6) is 11.5 Å². The monoisotopic (exact) mass is 367 g/mol. The van der Waals surface area contributed by atoms with Gasteiger partial charge in [0, 0.05) is 25.0 Å². The number of esters is 3. The maximum absolute atomic E-state index is 12.2. The maximum atomic E-state index is 12.2. The van der Waals surface area contributed by atoms with Gasteiger partial charge < -0.3 is 19.5 Å². The van der Waals surface area contributed by atoms with Crippen LogP contribution < -0.4 is 14.8 Å². The summed E-state index contributed by atoms with van der Waals surface area (Å²) in [6.45, 7) is 2.54. The number of nitrogens with one attached hydrogen (secondary N) is 1. The third-order valence-electron chi connectivity index (χ3n) is 3.63. The van der Waals surface area contributed by atoms with Gasteiger partial charge in [-0.05, 0) is 24.3 Å². The number of hydrogen-bond acceptors (Lipinski definition) is 7. The smallest absolute Gasteiger partial charge is 0.356 e. The molecule has 0 aromatic heterocycles. The van der Waals surface area contributed by atoms with E-state index in [9.17, 15) is 14.4 Å². The van der Waals surface area contributed by atoms with Crippen LogP contribution in [0.4, 0.5) is 0 Å². The van der Waals surface area contributed by atoms with Gasteiger partial charge >= 0.3 is 17.9 Å². The summed E-state index contributed by atoms with van der Waals surface area (Å²) in [7, 11) is 0. The molecule has 0 radical (unpaired) electrons. The van der Waals surface area contributed by atoms with Gasteiger partial charge in [0.25, 0.3) is 0 Å². The van der Waals surface area contributed by atoms with Gasteiger partial charge in [0.1, 0.15) is 17.2 Å². The first-order valence-corrected chi connectivity index (χ1v) is 8.17. The molecule has 138 valence electrons. The Balaban J connectivity index is 1.92. The van der Waals surface area contributed by atoms with Crippen molar-refractivity contribution in [3.05, 3.63) is 65.4 Å². The lowest BCUT2D eigenvalue weighted by molar-refractivity contribution is -0.139. The van der Waals surface area contributed by atoms with Gasteiger partial charge in [-0.1, -0.05) is 30.3 Å². The second-order valence-corrected chi connectivity index (χ2v) is 5.79. The summed E-state index contributed by atoms with van der Waals surface area (Å²) >= 11 is 0. The van der Waals surface area contributed by atoms with Crippen LogP contribution in [0.1, 0.15) is 31.2 Å². The molecule has 0 amide bonds. The Morgan fingerprint density at radius 2 is 1.74 bits per heavy atom. The van der Waals surface area contributed by atoms with Crippen molar-refractivity contribution in [1.29, 1.82) is 0 Å². The molecular weight excluding hydrogens is 350 g/mol. The molecule has 0 saturated carbocycles. The highest BCUT2D eigenvalue weighted by molar-refractivity contribution is 5.95. The lowest BCUT2D eigenvalue weighted by Gasteiger charge is -2.10. The second kappa shape index (κ2) is 7.74. The lowest BCUT2D eigenvalue weighted by atomic mass is 10.1. The Morgan fingerprint density at radius 3 is 2.41 bits per heavy atom. The van der Waals surface area contributed by atoms with Crippen molar-refractivity contribution in [3.8, 4) is 11.5 Å². The van der Waals surface area contributed by atoms with Crippen molar-refractivity contribution in [2.24, 2.45) is 0 Å². The van der Waals surface area contributed by atoms with Crippen molar-refractivity contribution >= 4 is 24.0 Å². The van der Waals surface area contributed by atoms with Crippen LogP contribution in [0.15, 0.2) is 54.2 Å². The highest BCUT2D eigenvalue weighted by Gasteiger charge is 2.29. The molecule has 7 nitrogen and oxygen atoms in total. The summed E-state index contributed by atoms with van der Waals surface area (Å²) in [6, 6.07) is 13.7. The Bertz CT molecular complexity index is 919. The van der Waals surface area contributed by atoms with Crippen LogP contribution in [0.25, 0.3) is 6.08 Å². The van der Waals surface area contributed by atoms with Crippen LogP contribution in [0.2, 0.25) is 0 Å². The minimum atomic E-state index is -0.612. The number of ether oxygens (including phenoxy) is 3. The molecule has 1 fully saturated rings. The third kappa shape index (κ3) is 4.52. The van der Waals surface area contributed by atoms with Crippen LogP contribution in [-0.2, 0) is 19.1 Å². The molecule has 1 aliphatic heterocycles. The van der Waals surface area contributed by atoms with E-state index in [0.29, 0.717) is 5.56 Å². The fourth-order valence-corrected chi connectivity index (χ4v) is 2.55. The van der Waals surface area contributed by atoms with E-state index in [1.807, 2.05) is 30.3 Å². The van der Waals surface area contributed by atoms with Crippen molar-refractivity contribution in [2.75, 3.05) is 0 Å². The molecule has 2 aromatic carbocycles. The number of cyclic esters (lactones) is 1. The van der Waals surface area contributed by atoms with E-state index in [2.05, 4.69) is 5.32 Å². The first-order chi connectivity index (χ1) is 12.9. The van der Waals surface area contributed by atoms with E-state index in [1.54, 1.807) is 0 Å². The first kappa shape index (κ1) is 18.2. The van der Waals surface area contributed by atoms with Crippen LogP contribution in [-0.4, -0.2) is 17.9 Å². The number of carbonyl (C=O) groups excluding carboxylic acids is 3. The number of carbonyl (C=O) groups is 3. The van der Waals surface area contributed by atoms with E-state index in [-0.39, 0.29) is 17.2 Å². The zero-order valence-electron chi connectivity index (χ0n) is 14.7.